The van der Waals surface area contributed by atoms with E-state index in [2.05, 4.69) is 46.9 Å². The fraction of sp³-hybridized carbons (Fsp3) is 0.615. The fourth-order valence-electron chi connectivity index (χ4n) is 1.79. The molecule has 1 heterocycles. The van der Waals surface area contributed by atoms with E-state index in [1.54, 1.807) is 0 Å². The second-order valence-electron chi connectivity index (χ2n) is 4.14. The first-order valence-corrected chi connectivity index (χ1v) is 6.13. The van der Waals surface area contributed by atoms with Crippen LogP contribution < -0.4 is 5.32 Å². The summed E-state index contributed by atoms with van der Waals surface area (Å²) in [7, 11) is 1.42. The summed E-state index contributed by atoms with van der Waals surface area (Å²) >= 11 is 0. The van der Waals surface area contributed by atoms with E-state index in [0.29, 0.717) is 12.5 Å². The van der Waals surface area contributed by atoms with Crippen molar-refractivity contribution in [3.8, 4) is 0 Å². The van der Waals surface area contributed by atoms with Crippen molar-refractivity contribution in [2.45, 2.75) is 39.3 Å². The van der Waals surface area contributed by atoms with Crippen molar-refractivity contribution in [2.75, 3.05) is 13.7 Å². The molecule has 0 spiro atoms. The summed E-state index contributed by atoms with van der Waals surface area (Å²) < 4.78 is 6.72. The second-order valence-corrected chi connectivity index (χ2v) is 4.14. The van der Waals surface area contributed by atoms with E-state index in [1.165, 1.54) is 12.7 Å². The van der Waals surface area contributed by atoms with Crippen LogP contribution in [0.1, 0.15) is 38.3 Å². The minimum Gasteiger partial charge on any atom is -0.469 e. The van der Waals surface area contributed by atoms with Gasteiger partial charge in [-0.25, -0.2) is 0 Å². The van der Waals surface area contributed by atoms with E-state index < -0.39 is 0 Å². The van der Waals surface area contributed by atoms with Crippen LogP contribution in [0.2, 0.25) is 0 Å². The predicted molar refractivity (Wildman–Crippen MR) is 67.8 cm³/mol. The van der Waals surface area contributed by atoms with Gasteiger partial charge < -0.3 is 14.6 Å². The summed E-state index contributed by atoms with van der Waals surface area (Å²) in [5, 5.41) is 3.37. The lowest BCUT2D eigenvalue weighted by atomic mass is 10.2. The average molecular weight is 238 g/mol. The zero-order chi connectivity index (χ0) is 12.7. The number of nitrogens with one attached hydrogen (secondary N) is 1. The number of nitrogens with zero attached hydrogens (tertiary/aromatic N) is 1. The molecule has 0 saturated carbocycles. The first kappa shape index (κ1) is 13.8. The first-order chi connectivity index (χ1) is 8.17. The number of ether oxygens (including phenoxy) is 1. The summed E-state index contributed by atoms with van der Waals surface area (Å²) in [6.45, 7) is 6.07. The number of hydrogen-bond donors (Lipinski definition) is 1. The van der Waals surface area contributed by atoms with Crippen molar-refractivity contribution in [3.05, 3.63) is 24.0 Å². The van der Waals surface area contributed by atoms with Gasteiger partial charge in [-0.3, -0.25) is 4.79 Å². The molecule has 0 radical (unpaired) electrons. The van der Waals surface area contributed by atoms with Gasteiger partial charge >= 0.3 is 5.97 Å². The molecule has 96 valence electrons. The maximum atomic E-state index is 11.0. The maximum Gasteiger partial charge on any atom is 0.305 e. The first-order valence-electron chi connectivity index (χ1n) is 6.13. The molecule has 0 aliphatic heterocycles. The molecule has 4 heteroatoms. The van der Waals surface area contributed by atoms with Gasteiger partial charge in [0.1, 0.15) is 0 Å². The van der Waals surface area contributed by atoms with E-state index >= 15 is 0 Å². The minimum atomic E-state index is -0.140. The van der Waals surface area contributed by atoms with Gasteiger partial charge in [0.25, 0.3) is 0 Å². The van der Waals surface area contributed by atoms with Gasteiger partial charge in [-0.2, -0.15) is 0 Å². The van der Waals surface area contributed by atoms with E-state index in [4.69, 9.17) is 0 Å². The molecule has 0 bridgehead atoms. The highest BCUT2D eigenvalue weighted by Crippen LogP contribution is 2.12. The second kappa shape index (κ2) is 7.12. The SMILES string of the molecule is CCNC(C)c1ccn(CCCC(=O)OC)c1. The smallest absolute Gasteiger partial charge is 0.305 e. The standard InChI is InChI=1S/C13H22N2O2/c1-4-14-11(2)12-7-9-15(10-12)8-5-6-13(16)17-3/h7,9-11,14H,4-6,8H2,1-3H3. The normalized spacial score (nSPS) is 12.4. The number of carbonyl (C=O) groups is 1. The summed E-state index contributed by atoms with van der Waals surface area (Å²) in [5.74, 6) is -0.140. The van der Waals surface area contributed by atoms with Crippen LogP contribution in [0, 0.1) is 0 Å². The number of hydrogen-bond acceptors (Lipinski definition) is 3. The van der Waals surface area contributed by atoms with Crippen molar-refractivity contribution < 1.29 is 9.53 Å². The Hall–Kier alpha value is -1.29. The van der Waals surface area contributed by atoms with E-state index in [9.17, 15) is 4.79 Å². The average Bonchev–Trinajstić information content (AvgIpc) is 2.78. The Morgan fingerprint density at radius 3 is 3.00 bits per heavy atom. The van der Waals surface area contributed by atoms with Gasteiger partial charge in [0, 0.05) is 31.4 Å². The third kappa shape index (κ3) is 4.61. The molecule has 0 fully saturated rings. The number of aromatic nitrogens is 1. The lowest BCUT2D eigenvalue weighted by Crippen LogP contribution is -2.17. The maximum absolute atomic E-state index is 11.0. The van der Waals surface area contributed by atoms with Crippen molar-refractivity contribution in [3.63, 3.8) is 0 Å². The summed E-state index contributed by atoms with van der Waals surface area (Å²) in [6.07, 6.45) is 5.48. The van der Waals surface area contributed by atoms with Gasteiger partial charge in [0.15, 0.2) is 0 Å². The molecule has 1 aromatic heterocycles. The van der Waals surface area contributed by atoms with Crippen LogP contribution in [0.3, 0.4) is 0 Å². The van der Waals surface area contributed by atoms with Crippen molar-refractivity contribution in [2.24, 2.45) is 0 Å². The van der Waals surface area contributed by atoms with Crippen molar-refractivity contribution in [1.29, 1.82) is 0 Å². The molecule has 1 unspecified atom stereocenters. The molecule has 1 atom stereocenters. The largest absolute Gasteiger partial charge is 0.469 e. The van der Waals surface area contributed by atoms with Gasteiger partial charge in [-0.05, 0) is 31.5 Å². The van der Waals surface area contributed by atoms with Crippen LogP contribution >= 0.6 is 0 Å². The Morgan fingerprint density at radius 2 is 2.35 bits per heavy atom. The van der Waals surface area contributed by atoms with E-state index in [-0.39, 0.29) is 5.97 Å². The molecular weight excluding hydrogens is 216 g/mol. The highest BCUT2D eigenvalue weighted by molar-refractivity contribution is 5.68. The number of esters is 1. The van der Waals surface area contributed by atoms with Crippen molar-refractivity contribution >= 4 is 5.97 Å². The Balaban J connectivity index is 2.38. The third-order valence-electron chi connectivity index (χ3n) is 2.81. The zero-order valence-electron chi connectivity index (χ0n) is 10.9. The van der Waals surface area contributed by atoms with Gasteiger partial charge in [0.05, 0.1) is 7.11 Å². The van der Waals surface area contributed by atoms with E-state index in [0.717, 1.165) is 19.5 Å². The van der Waals surface area contributed by atoms with Crippen molar-refractivity contribution in [1.82, 2.24) is 9.88 Å². The third-order valence-corrected chi connectivity index (χ3v) is 2.81. The molecule has 1 rings (SSSR count). The quantitative estimate of drug-likeness (QED) is 0.740. The molecule has 1 aromatic rings. The molecule has 0 aliphatic carbocycles. The van der Waals surface area contributed by atoms with Crippen LogP contribution in [-0.4, -0.2) is 24.2 Å². The summed E-state index contributed by atoms with van der Waals surface area (Å²) in [6, 6.07) is 2.49. The zero-order valence-corrected chi connectivity index (χ0v) is 10.9. The highest BCUT2D eigenvalue weighted by atomic mass is 16.5. The molecule has 0 aliphatic rings. The van der Waals surface area contributed by atoms with Crippen LogP contribution in [0.4, 0.5) is 0 Å². The minimum absolute atomic E-state index is 0.140. The highest BCUT2D eigenvalue weighted by Gasteiger charge is 2.05. The molecule has 17 heavy (non-hydrogen) atoms. The monoisotopic (exact) mass is 238 g/mol. The molecule has 0 amide bonds. The Labute approximate surface area is 103 Å². The Bertz CT molecular complexity index is 347. The van der Waals surface area contributed by atoms with Gasteiger partial charge in [0.2, 0.25) is 0 Å². The summed E-state index contributed by atoms with van der Waals surface area (Å²) in [4.78, 5) is 11.0. The molecule has 4 nitrogen and oxygen atoms in total. The van der Waals surface area contributed by atoms with E-state index in [1.807, 2.05) is 0 Å². The number of methoxy groups -OCH3 is 1. The molecule has 0 aromatic carbocycles. The van der Waals surface area contributed by atoms with Crippen LogP contribution in [0.5, 0.6) is 0 Å². The Kier molecular flexibility index (Phi) is 5.77. The Morgan fingerprint density at radius 1 is 1.59 bits per heavy atom. The summed E-state index contributed by atoms with van der Waals surface area (Å²) in [5.41, 5.74) is 1.28. The molecule has 0 saturated heterocycles. The van der Waals surface area contributed by atoms with Crippen LogP contribution in [0.25, 0.3) is 0 Å². The topological polar surface area (TPSA) is 43.3 Å². The predicted octanol–water partition coefficient (Wildman–Crippen LogP) is 2.11. The van der Waals surface area contributed by atoms with Gasteiger partial charge in [-0.1, -0.05) is 6.92 Å². The number of aryl methyl sites for hydroxylation is 1. The van der Waals surface area contributed by atoms with Crippen LogP contribution in [-0.2, 0) is 16.1 Å². The number of carbonyl (C=O) groups excluding carboxylic acids is 1. The van der Waals surface area contributed by atoms with Crippen LogP contribution in [0.15, 0.2) is 18.5 Å². The lowest BCUT2D eigenvalue weighted by molar-refractivity contribution is -0.140. The fourth-order valence-corrected chi connectivity index (χ4v) is 1.79. The molecular formula is C13H22N2O2. The molecule has 1 N–H and O–H groups in total. The van der Waals surface area contributed by atoms with Gasteiger partial charge in [-0.15, -0.1) is 0 Å². The lowest BCUT2D eigenvalue weighted by Gasteiger charge is -2.09. The number of rotatable bonds is 7.